The van der Waals surface area contributed by atoms with Crippen molar-refractivity contribution in [1.29, 1.82) is 0 Å². The first-order chi connectivity index (χ1) is 34.2. The molecule has 2 atom stereocenters. The standard InChI is InChI=1S/2C31H60O4.Ca/c2*1-3-5-7-9-11-12-13-15-20-24-28-31(34)35-29(25-21-17-14-10-8-6-4-2)26-22-18-16-19-23-27-30(32)33;/h2*29H,3-28H2,1-2H3,(H,32,33);/q;;+2/p-2. The van der Waals surface area contributed by atoms with Gasteiger partial charge in [0.2, 0.25) is 0 Å². The van der Waals surface area contributed by atoms with Crippen LogP contribution in [0.1, 0.15) is 362 Å². The first-order valence-corrected chi connectivity index (χ1v) is 31.0. The van der Waals surface area contributed by atoms with E-state index in [9.17, 15) is 29.4 Å². The van der Waals surface area contributed by atoms with E-state index in [1.165, 1.54) is 180 Å². The van der Waals surface area contributed by atoms with Crippen molar-refractivity contribution >= 4 is 61.6 Å². The Morgan fingerprint density at radius 3 is 0.634 bits per heavy atom. The molecule has 0 radical (unpaired) electrons. The molecule has 0 amide bonds. The minimum Gasteiger partial charge on any atom is -0.550 e. The van der Waals surface area contributed by atoms with Crippen LogP contribution < -0.4 is 10.2 Å². The van der Waals surface area contributed by atoms with Gasteiger partial charge in [0, 0.05) is 24.8 Å². The minimum atomic E-state index is -0.950. The van der Waals surface area contributed by atoms with E-state index < -0.39 is 11.9 Å². The number of carbonyl (C=O) groups excluding carboxylic acids is 4. The van der Waals surface area contributed by atoms with Gasteiger partial charge in [0.15, 0.2) is 0 Å². The Kier molecular flexibility index (Phi) is 66.5. The summed E-state index contributed by atoms with van der Waals surface area (Å²) in [7, 11) is 0. The summed E-state index contributed by atoms with van der Waals surface area (Å²) in [6, 6.07) is 0. The van der Waals surface area contributed by atoms with Gasteiger partial charge in [-0.1, -0.05) is 259 Å². The van der Waals surface area contributed by atoms with Crippen LogP contribution in [0.15, 0.2) is 0 Å². The van der Waals surface area contributed by atoms with Gasteiger partial charge in [-0.2, -0.15) is 0 Å². The van der Waals surface area contributed by atoms with Crippen LogP contribution in [0.25, 0.3) is 0 Å². The Labute approximate surface area is 471 Å². The van der Waals surface area contributed by atoms with Gasteiger partial charge >= 0.3 is 49.7 Å². The quantitative estimate of drug-likeness (QED) is 0.0334. The Balaban J connectivity index is -0.00000128. The van der Waals surface area contributed by atoms with Crippen molar-refractivity contribution in [3.8, 4) is 0 Å². The molecule has 71 heavy (non-hydrogen) atoms. The molecule has 0 aliphatic rings. The average molecular weight is 1030 g/mol. The summed E-state index contributed by atoms with van der Waals surface area (Å²) in [6.07, 6.45) is 58.5. The van der Waals surface area contributed by atoms with Crippen LogP contribution in [0.4, 0.5) is 0 Å². The Morgan fingerprint density at radius 2 is 0.437 bits per heavy atom. The van der Waals surface area contributed by atoms with Crippen molar-refractivity contribution in [1.82, 2.24) is 0 Å². The topological polar surface area (TPSA) is 133 Å². The second kappa shape index (κ2) is 63.4. The molecule has 416 valence electrons. The molecule has 0 aromatic heterocycles. The number of carboxylic acids is 2. The van der Waals surface area contributed by atoms with E-state index >= 15 is 0 Å². The fraction of sp³-hybridized carbons (Fsp3) is 0.935. The minimum absolute atomic E-state index is 0. The molecule has 0 saturated carbocycles. The molecule has 0 aliphatic carbocycles. The van der Waals surface area contributed by atoms with Crippen LogP contribution in [0.5, 0.6) is 0 Å². The Morgan fingerprint density at radius 1 is 0.268 bits per heavy atom. The smallest absolute Gasteiger partial charge is 0.550 e. The molecule has 0 saturated heterocycles. The third-order valence-corrected chi connectivity index (χ3v) is 14.1. The summed E-state index contributed by atoms with van der Waals surface area (Å²) >= 11 is 0. The number of ether oxygens (including phenoxy) is 2. The van der Waals surface area contributed by atoms with Crippen LogP contribution in [0.3, 0.4) is 0 Å². The van der Waals surface area contributed by atoms with Gasteiger partial charge in [0.05, 0.1) is 0 Å². The summed E-state index contributed by atoms with van der Waals surface area (Å²) < 4.78 is 11.8. The molecule has 0 spiro atoms. The summed E-state index contributed by atoms with van der Waals surface area (Å²) in [5, 5.41) is 21.0. The summed E-state index contributed by atoms with van der Waals surface area (Å²) in [4.78, 5) is 45.9. The maximum Gasteiger partial charge on any atom is 2.00 e. The zero-order valence-electron chi connectivity index (χ0n) is 47.9. The van der Waals surface area contributed by atoms with Crippen LogP contribution in [-0.2, 0) is 28.7 Å². The van der Waals surface area contributed by atoms with E-state index in [4.69, 9.17) is 9.47 Å². The average Bonchev–Trinajstić information content (AvgIpc) is 3.33. The predicted octanol–water partition coefficient (Wildman–Crippen LogP) is 17.3. The van der Waals surface area contributed by atoms with Crippen molar-refractivity contribution in [3.05, 3.63) is 0 Å². The molecule has 2 unspecified atom stereocenters. The van der Waals surface area contributed by atoms with Crippen molar-refractivity contribution in [3.63, 3.8) is 0 Å². The first kappa shape index (κ1) is 74.4. The van der Waals surface area contributed by atoms with Crippen LogP contribution in [-0.4, -0.2) is 73.8 Å². The third-order valence-electron chi connectivity index (χ3n) is 14.1. The Hall–Kier alpha value is -0.860. The fourth-order valence-corrected chi connectivity index (χ4v) is 9.53. The van der Waals surface area contributed by atoms with Crippen LogP contribution >= 0.6 is 0 Å². The van der Waals surface area contributed by atoms with Gasteiger partial charge in [-0.25, -0.2) is 0 Å². The molecule has 0 aromatic carbocycles. The summed E-state index contributed by atoms with van der Waals surface area (Å²) in [5.74, 6) is -1.92. The van der Waals surface area contributed by atoms with E-state index in [0.29, 0.717) is 25.7 Å². The summed E-state index contributed by atoms with van der Waals surface area (Å²) in [5.41, 5.74) is 0. The first-order valence-electron chi connectivity index (χ1n) is 31.0. The molecular formula is C62H118CaO8. The SMILES string of the molecule is CCCCCCCCCCCCC(=O)OC(CCCCCCCCC)CCCCCCCC(=O)[O-].CCCCCCCCCCCCC(=O)OC(CCCCCCCCC)CCCCCCCC(=O)[O-].[Ca+2]. The number of aliphatic carboxylic acids is 2. The number of carbonyl (C=O) groups is 4. The number of rotatable bonds is 56. The molecular weight excluding hydrogens is 913 g/mol. The molecule has 0 rings (SSSR count). The van der Waals surface area contributed by atoms with Gasteiger partial charge in [-0.05, 0) is 89.9 Å². The van der Waals surface area contributed by atoms with E-state index in [2.05, 4.69) is 27.7 Å². The number of unbranched alkanes of at least 4 members (excludes halogenated alkanes) is 38. The molecule has 9 heteroatoms. The van der Waals surface area contributed by atoms with Crippen molar-refractivity contribution in [2.75, 3.05) is 0 Å². The molecule has 0 fully saturated rings. The Bertz CT molecular complexity index is 1020. The van der Waals surface area contributed by atoms with Crippen LogP contribution in [0.2, 0.25) is 0 Å². The molecule has 0 aromatic rings. The molecule has 0 bridgehead atoms. The molecule has 0 N–H and O–H groups in total. The number of hydrogen-bond donors (Lipinski definition) is 0. The number of esters is 2. The number of carboxylic acid groups (broad SMARTS) is 2. The van der Waals surface area contributed by atoms with Gasteiger partial charge in [-0.3, -0.25) is 9.59 Å². The van der Waals surface area contributed by atoms with Gasteiger partial charge < -0.3 is 29.3 Å². The van der Waals surface area contributed by atoms with Crippen LogP contribution in [0, 0.1) is 0 Å². The summed E-state index contributed by atoms with van der Waals surface area (Å²) in [6.45, 7) is 9.01. The van der Waals surface area contributed by atoms with E-state index in [1.807, 2.05) is 0 Å². The zero-order valence-corrected chi connectivity index (χ0v) is 50.1. The van der Waals surface area contributed by atoms with Crippen molar-refractivity contribution in [2.45, 2.75) is 374 Å². The van der Waals surface area contributed by atoms with E-state index in [-0.39, 0.29) is 74.7 Å². The maximum atomic E-state index is 12.5. The van der Waals surface area contributed by atoms with E-state index in [1.54, 1.807) is 0 Å². The second-order valence-electron chi connectivity index (χ2n) is 21.3. The fourth-order valence-electron chi connectivity index (χ4n) is 9.53. The predicted molar refractivity (Wildman–Crippen MR) is 298 cm³/mol. The van der Waals surface area contributed by atoms with Gasteiger partial charge in [-0.15, -0.1) is 0 Å². The van der Waals surface area contributed by atoms with Gasteiger partial charge in [0.25, 0.3) is 0 Å². The van der Waals surface area contributed by atoms with Crippen molar-refractivity contribution in [2.24, 2.45) is 0 Å². The zero-order chi connectivity index (χ0) is 51.6. The molecule has 0 heterocycles. The van der Waals surface area contributed by atoms with Crippen molar-refractivity contribution < 1.29 is 38.9 Å². The third kappa shape index (κ3) is 65.2. The largest absolute Gasteiger partial charge is 2.00 e. The van der Waals surface area contributed by atoms with Gasteiger partial charge in [0.1, 0.15) is 12.2 Å². The second-order valence-corrected chi connectivity index (χ2v) is 21.3. The normalized spacial score (nSPS) is 11.9. The monoisotopic (exact) mass is 1030 g/mol. The molecule has 8 nitrogen and oxygen atoms in total. The van der Waals surface area contributed by atoms with E-state index in [0.717, 1.165) is 116 Å². The number of hydrogen-bond acceptors (Lipinski definition) is 8. The maximum absolute atomic E-state index is 12.5. The molecule has 0 aliphatic heterocycles.